The van der Waals surface area contributed by atoms with Gasteiger partial charge >= 0.3 is 0 Å². The second-order valence-corrected chi connectivity index (χ2v) is 6.05. The molecule has 0 saturated carbocycles. The molecule has 0 aliphatic carbocycles. The quantitative estimate of drug-likeness (QED) is 0.812. The highest BCUT2D eigenvalue weighted by molar-refractivity contribution is 5.45. The topological polar surface area (TPSA) is 15.3 Å². The Bertz CT molecular complexity index is 421. The van der Waals surface area contributed by atoms with E-state index in [-0.39, 0.29) is 0 Å². The van der Waals surface area contributed by atoms with Crippen molar-refractivity contribution in [2.45, 2.75) is 46.1 Å². The first-order chi connectivity index (χ1) is 9.67. The Balaban J connectivity index is 1.77. The average molecular weight is 272 g/mol. The lowest BCUT2D eigenvalue weighted by Crippen LogP contribution is -2.39. The van der Waals surface area contributed by atoms with Crippen molar-refractivity contribution in [1.82, 2.24) is 4.90 Å². The summed E-state index contributed by atoms with van der Waals surface area (Å²) >= 11 is 0. The van der Waals surface area contributed by atoms with E-state index in [1.807, 2.05) is 0 Å². The first kappa shape index (κ1) is 15.1. The summed E-state index contributed by atoms with van der Waals surface area (Å²) in [5.41, 5.74) is 4.10. The largest absolute Gasteiger partial charge is 0.382 e. The van der Waals surface area contributed by atoms with Gasteiger partial charge in [0, 0.05) is 31.4 Å². The Hall–Kier alpha value is -1.28. The predicted molar refractivity (Wildman–Crippen MR) is 88.3 cm³/mol. The van der Waals surface area contributed by atoms with Crippen LogP contribution in [0.4, 0.5) is 5.69 Å². The van der Waals surface area contributed by atoms with Gasteiger partial charge in [0.15, 0.2) is 0 Å². The lowest BCUT2D eigenvalue weighted by molar-refractivity contribution is 0.240. The maximum atomic E-state index is 3.68. The van der Waals surface area contributed by atoms with E-state index in [0.717, 1.165) is 13.0 Å². The van der Waals surface area contributed by atoms with Crippen LogP contribution in [0, 0.1) is 0 Å². The molecule has 2 nitrogen and oxygen atoms in total. The monoisotopic (exact) mass is 272 g/mol. The Morgan fingerprint density at radius 2 is 1.85 bits per heavy atom. The summed E-state index contributed by atoms with van der Waals surface area (Å²) in [6.45, 7) is 10.1. The maximum absolute atomic E-state index is 3.68. The number of benzene rings is 1. The number of likely N-dealkylation sites (tertiary alicyclic amines) is 1. The van der Waals surface area contributed by atoms with Gasteiger partial charge in [-0.3, -0.25) is 4.90 Å². The molecule has 1 aliphatic heterocycles. The third kappa shape index (κ3) is 4.68. The summed E-state index contributed by atoms with van der Waals surface area (Å²) in [5.74, 6) is 0. The van der Waals surface area contributed by atoms with E-state index < -0.39 is 0 Å². The molecular weight excluding hydrogens is 244 g/mol. The van der Waals surface area contributed by atoms with Crippen molar-refractivity contribution in [1.29, 1.82) is 0 Å². The van der Waals surface area contributed by atoms with E-state index in [1.165, 1.54) is 42.8 Å². The normalized spacial score (nSPS) is 16.9. The first-order valence-electron chi connectivity index (χ1n) is 7.88. The van der Waals surface area contributed by atoms with Crippen molar-refractivity contribution in [3.8, 4) is 0 Å². The minimum atomic E-state index is 0.630. The third-order valence-electron chi connectivity index (χ3n) is 4.08. The highest BCUT2D eigenvalue weighted by atomic mass is 15.1. The van der Waals surface area contributed by atoms with Crippen molar-refractivity contribution < 1.29 is 0 Å². The molecule has 1 saturated heterocycles. The van der Waals surface area contributed by atoms with Crippen LogP contribution in [0.25, 0.3) is 0 Å². The Morgan fingerprint density at radius 3 is 2.40 bits per heavy atom. The average Bonchev–Trinajstić information content (AvgIpc) is 2.47. The van der Waals surface area contributed by atoms with Gasteiger partial charge in [0.25, 0.3) is 0 Å². The molecule has 1 heterocycles. The Kier molecular flexibility index (Phi) is 5.66. The molecule has 2 heteroatoms. The summed E-state index contributed by atoms with van der Waals surface area (Å²) in [6, 6.07) is 9.52. The number of hydrogen-bond acceptors (Lipinski definition) is 2. The minimum absolute atomic E-state index is 0.630. The van der Waals surface area contributed by atoms with Crippen LogP contribution in [0.5, 0.6) is 0 Å². The molecule has 0 radical (unpaired) electrons. The van der Waals surface area contributed by atoms with Gasteiger partial charge in [-0.15, -0.1) is 0 Å². The molecule has 2 rings (SSSR count). The predicted octanol–water partition coefficient (Wildman–Crippen LogP) is 4.09. The molecule has 1 aromatic carbocycles. The maximum Gasteiger partial charge on any atom is 0.0342 e. The number of allylic oxidation sites excluding steroid dienone is 1. The zero-order valence-corrected chi connectivity index (χ0v) is 13.2. The molecule has 0 aromatic heterocycles. The highest BCUT2D eigenvalue weighted by Gasteiger charge is 2.17. The van der Waals surface area contributed by atoms with Gasteiger partial charge in [0.1, 0.15) is 0 Å². The van der Waals surface area contributed by atoms with Gasteiger partial charge in [0.05, 0.1) is 0 Å². The van der Waals surface area contributed by atoms with Crippen LogP contribution in [0.2, 0.25) is 0 Å². The van der Waals surface area contributed by atoms with Crippen LogP contribution < -0.4 is 5.32 Å². The van der Waals surface area contributed by atoms with Crippen molar-refractivity contribution in [3.05, 3.63) is 41.5 Å². The number of anilines is 1. The zero-order valence-electron chi connectivity index (χ0n) is 13.2. The summed E-state index contributed by atoms with van der Waals surface area (Å²) in [4.78, 5) is 2.55. The fourth-order valence-corrected chi connectivity index (χ4v) is 2.64. The van der Waals surface area contributed by atoms with Crippen molar-refractivity contribution >= 4 is 5.69 Å². The summed E-state index contributed by atoms with van der Waals surface area (Å²) < 4.78 is 0. The van der Waals surface area contributed by atoms with Crippen LogP contribution >= 0.6 is 0 Å². The van der Waals surface area contributed by atoms with E-state index in [9.17, 15) is 0 Å². The Labute approximate surface area is 123 Å². The molecule has 0 spiro atoms. The fourth-order valence-electron chi connectivity index (χ4n) is 2.64. The van der Waals surface area contributed by atoms with E-state index >= 15 is 0 Å². The molecule has 1 aliphatic rings. The molecular formula is C18H28N2. The van der Waals surface area contributed by atoms with Gasteiger partial charge in [0.2, 0.25) is 0 Å². The molecule has 0 unspecified atom stereocenters. The van der Waals surface area contributed by atoms with Gasteiger partial charge < -0.3 is 5.32 Å². The van der Waals surface area contributed by atoms with Crippen LogP contribution in [0.15, 0.2) is 35.9 Å². The van der Waals surface area contributed by atoms with Crippen molar-refractivity contribution in [3.63, 3.8) is 0 Å². The Morgan fingerprint density at radius 1 is 1.20 bits per heavy atom. The van der Waals surface area contributed by atoms with Crippen LogP contribution in [0.3, 0.4) is 0 Å². The van der Waals surface area contributed by atoms with Gasteiger partial charge in [-0.05, 0) is 50.8 Å². The van der Waals surface area contributed by atoms with Crippen LogP contribution in [-0.2, 0) is 6.42 Å². The highest BCUT2D eigenvalue weighted by Crippen LogP contribution is 2.17. The van der Waals surface area contributed by atoms with Crippen molar-refractivity contribution in [2.24, 2.45) is 0 Å². The molecule has 1 aromatic rings. The number of aryl methyl sites for hydroxylation is 1. The van der Waals surface area contributed by atoms with E-state index in [1.54, 1.807) is 0 Å². The molecule has 0 atom stereocenters. The number of piperidine rings is 1. The second kappa shape index (κ2) is 7.49. The molecule has 0 bridgehead atoms. The van der Waals surface area contributed by atoms with E-state index in [0.29, 0.717) is 6.04 Å². The van der Waals surface area contributed by atoms with Gasteiger partial charge in [-0.25, -0.2) is 0 Å². The standard InChI is InChI=1S/C18H28N2/c1-4-16-5-7-17(8-6-16)19-18-10-13-20(14-11-18)12-9-15(2)3/h5-9,18-19H,4,10-14H2,1-3H3. The number of nitrogens with one attached hydrogen (secondary N) is 1. The molecule has 110 valence electrons. The van der Waals surface area contributed by atoms with Crippen LogP contribution in [-0.4, -0.2) is 30.6 Å². The fraction of sp³-hybridized carbons (Fsp3) is 0.556. The number of rotatable bonds is 5. The zero-order chi connectivity index (χ0) is 14.4. The van der Waals surface area contributed by atoms with E-state index in [2.05, 4.69) is 61.3 Å². The smallest absolute Gasteiger partial charge is 0.0342 e. The molecule has 1 N–H and O–H groups in total. The van der Waals surface area contributed by atoms with Gasteiger partial charge in [-0.1, -0.05) is 30.7 Å². The van der Waals surface area contributed by atoms with Crippen molar-refractivity contribution in [2.75, 3.05) is 25.0 Å². The molecule has 1 fully saturated rings. The minimum Gasteiger partial charge on any atom is -0.382 e. The summed E-state index contributed by atoms with van der Waals surface area (Å²) in [6.07, 6.45) is 5.93. The second-order valence-electron chi connectivity index (χ2n) is 6.05. The third-order valence-corrected chi connectivity index (χ3v) is 4.08. The van der Waals surface area contributed by atoms with Gasteiger partial charge in [-0.2, -0.15) is 0 Å². The molecule has 20 heavy (non-hydrogen) atoms. The lowest BCUT2D eigenvalue weighted by Gasteiger charge is -2.32. The lowest BCUT2D eigenvalue weighted by atomic mass is 10.0. The van der Waals surface area contributed by atoms with E-state index in [4.69, 9.17) is 0 Å². The van der Waals surface area contributed by atoms with Crippen LogP contribution in [0.1, 0.15) is 39.2 Å². The first-order valence-corrected chi connectivity index (χ1v) is 7.88. The number of nitrogens with zero attached hydrogens (tertiary/aromatic N) is 1. The summed E-state index contributed by atoms with van der Waals surface area (Å²) in [5, 5.41) is 3.68. The SMILES string of the molecule is CCc1ccc(NC2CCN(CC=C(C)C)CC2)cc1. The number of hydrogen-bond donors (Lipinski definition) is 1. The summed E-state index contributed by atoms with van der Waals surface area (Å²) in [7, 11) is 0. The molecule has 0 amide bonds.